The molecule has 0 aromatic heterocycles. The summed E-state index contributed by atoms with van der Waals surface area (Å²) in [4.78, 5) is 15.0. The molecule has 0 unspecified atom stereocenters. The standard InChI is InChI=1S/C11H13NO2/c1-12-8-5-9-14-11(13)10-6-3-2-4-7-10/h2-4,6-7H,1,5,8-9H2. The fourth-order valence-corrected chi connectivity index (χ4v) is 0.999. The molecular formula is C11H13NO2. The largest absolute Gasteiger partial charge is 0.462 e. The zero-order valence-electron chi connectivity index (χ0n) is 7.98. The van der Waals surface area contributed by atoms with Gasteiger partial charge in [0.2, 0.25) is 0 Å². The van der Waals surface area contributed by atoms with Crippen LogP contribution in [0.25, 0.3) is 0 Å². The first-order valence-electron chi connectivity index (χ1n) is 4.49. The van der Waals surface area contributed by atoms with Gasteiger partial charge in [-0.05, 0) is 18.9 Å². The Bertz CT molecular complexity index is 295. The monoisotopic (exact) mass is 191 g/mol. The van der Waals surface area contributed by atoms with E-state index in [2.05, 4.69) is 11.7 Å². The van der Waals surface area contributed by atoms with Crippen LogP contribution in [0.1, 0.15) is 16.8 Å². The first-order valence-corrected chi connectivity index (χ1v) is 4.49. The van der Waals surface area contributed by atoms with E-state index in [-0.39, 0.29) is 5.97 Å². The van der Waals surface area contributed by atoms with Crippen molar-refractivity contribution in [2.75, 3.05) is 13.2 Å². The maximum Gasteiger partial charge on any atom is 0.338 e. The molecule has 14 heavy (non-hydrogen) atoms. The van der Waals surface area contributed by atoms with Gasteiger partial charge in [0.15, 0.2) is 0 Å². The van der Waals surface area contributed by atoms with Crippen molar-refractivity contribution in [1.82, 2.24) is 0 Å². The third kappa shape index (κ3) is 3.39. The molecule has 1 aromatic rings. The van der Waals surface area contributed by atoms with Crippen LogP contribution in [0.2, 0.25) is 0 Å². The zero-order chi connectivity index (χ0) is 10.2. The molecule has 0 heterocycles. The molecule has 0 spiro atoms. The molecule has 3 nitrogen and oxygen atoms in total. The minimum atomic E-state index is -0.283. The van der Waals surface area contributed by atoms with Gasteiger partial charge < -0.3 is 9.73 Å². The molecule has 74 valence electrons. The molecule has 1 rings (SSSR count). The second-order valence-corrected chi connectivity index (χ2v) is 2.80. The Morgan fingerprint density at radius 1 is 1.36 bits per heavy atom. The maximum absolute atomic E-state index is 11.3. The second kappa shape index (κ2) is 5.91. The number of rotatable bonds is 5. The lowest BCUT2D eigenvalue weighted by molar-refractivity contribution is 0.0503. The van der Waals surface area contributed by atoms with E-state index in [9.17, 15) is 4.79 Å². The van der Waals surface area contributed by atoms with Crippen LogP contribution < -0.4 is 0 Å². The van der Waals surface area contributed by atoms with Crippen LogP contribution in [0, 0.1) is 0 Å². The fraction of sp³-hybridized carbons (Fsp3) is 0.273. The van der Waals surface area contributed by atoms with E-state index in [4.69, 9.17) is 4.74 Å². The summed E-state index contributed by atoms with van der Waals surface area (Å²) in [5.41, 5.74) is 0.582. The van der Waals surface area contributed by atoms with Crippen LogP contribution in [0.4, 0.5) is 0 Å². The topological polar surface area (TPSA) is 38.7 Å². The highest BCUT2D eigenvalue weighted by atomic mass is 16.5. The van der Waals surface area contributed by atoms with Gasteiger partial charge in [-0.2, -0.15) is 0 Å². The summed E-state index contributed by atoms with van der Waals surface area (Å²) >= 11 is 0. The van der Waals surface area contributed by atoms with E-state index in [1.807, 2.05) is 18.2 Å². The van der Waals surface area contributed by atoms with E-state index in [0.29, 0.717) is 18.7 Å². The third-order valence-electron chi connectivity index (χ3n) is 1.70. The number of carbonyl (C=O) groups is 1. The molecular weight excluding hydrogens is 178 g/mol. The van der Waals surface area contributed by atoms with E-state index in [1.165, 1.54) is 0 Å². The Balaban J connectivity index is 2.32. The summed E-state index contributed by atoms with van der Waals surface area (Å²) in [5.74, 6) is -0.283. The predicted molar refractivity (Wildman–Crippen MR) is 55.8 cm³/mol. The summed E-state index contributed by atoms with van der Waals surface area (Å²) in [6.45, 7) is 4.37. The summed E-state index contributed by atoms with van der Waals surface area (Å²) in [5, 5.41) is 0. The van der Waals surface area contributed by atoms with Gasteiger partial charge in [0, 0.05) is 13.0 Å². The molecule has 0 aliphatic rings. The van der Waals surface area contributed by atoms with Crippen LogP contribution in [-0.2, 0) is 4.74 Å². The Labute approximate surface area is 83.4 Å². The van der Waals surface area contributed by atoms with E-state index in [0.717, 1.165) is 6.42 Å². The number of ether oxygens (including phenoxy) is 1. The van der Waals surface area contributed by atoms with Gasteiger partial charge >= 0.3 is 5.97 Å². The molecule has 1 aromatic carbocycles. The van der Waals surface area contributed by atoms with Crippen molar-refractivity contribution in [3.8, 4) is 0 Å². The lowest BCUT2D eigenvalue weighted by Crippen LogP contribution is -2.06. The van der Waals surface area contributed by atoms with Crippen molar-refractivity contribution in [2.45, 2.75) is 6.42 Å². The molecule has 0 N–H and O–H groups in total. The highest BCUT2D eigenvalue weighted by molar-refractivity contribution is 5.89. The summed E-state index contributed by atoms with van der Waals surface area (Å²) in [7, 11) is 0. The van der Waals surface area contributed by atoms with Crippen LogP contribution in [0.3, 0.4) is 0 Å². The van der Waals surface area contributed by atoms with Crippen molar-refractivity contribution in [1.29, 1.82) is 0 Å². The molecule has 0 bridgehead atoms. The minimum Gasteiger partial charge on any atom is -0.462 e. The van der Waals surface area contributed by atoms with Gasteiger partial charge in [-0.1, -0.05) is 18.2 Å². The Kier molecular flexibility index (Phi) is 4.41. The van der Waals surface area contributed by atoms with Crippen LogP contribution >= 0.6 is 0 Å². The number of benzene rings is 1. The highest BCUT2D eigenvalue weighted by Crippen LogP contribution is 2.01. The van der Waals surface area contributed by atoms with Crippen LogP contribution in [0.5, 0.6) is 0 Å². The lowest BCUT2D eigenvalue weighted by Gasteiger charge is -2.02. The summed E-state index contributed by atoms with van der Waals surface area (Å²) < 4.78 is 5.00. The van der Waals surface area contributed by atoms with E-state index < -0.39 is 0 Å². The van der Waals surface area contributed by atoms with Gasteiger partial charge in [0.1, 0.15) is 0 Å². The van der Waals surface area contributed by atoms with Gasteiger partial charge in [-0.15, -0.1) is 0 Å². The predicted octanol–water partition coefficient (Wildman–Crippen LogP) is 1.93. The Hall–Kier alpha value is -1.64. The molecule has 3 heteroatoms. The van der Waals surface area contributed by atoms with Crippen molar-refractivity contribution >= 4 is 12.7 Å². The maximum atomic E-state index is 11.3. The van der Waals surface area contributed by atoms with E-state index >= 15 is 0 Å². The SMILES string of the molecule is C=NCCCOC(=O)c1ccccc1. The number of hydrogen-bond acceptors (Lipinski definition) is 3. The van der Waals surface area contributed by atoms with Gasteiger partial charge in [0.25, 0.3) is 0 Å². The van der Waals surface area contributed by atoms with Gasteiger partial charge in [-0.3, -0.25) is 0 Å². The number of hydrogen-bond donors (Lipinski definition) is 0. The zero-order valence-corrected chi connectivity index (χ0v) is 7.98. The highest BCUT2D eigenvalue weighted by Gasteiger charge is 2.04. The van der Waals surface area contributed by atoms with Gasteiger partial charge in [0.05, 0.1) is 12.2 Å². The minimum absolute atomic E-state index is 0.283. The molecule has 0 amide bonds. The molecule has 0 saturated carbocycles. The smallest absolute Gasteiger partial charge is 0.338 e. The third-order valence-corrected chi connectivity index (χ3v) is 1.70. The van der Waals surface area contributed by atoms with Crippen molar-refractivity contribution in [3.05, 3.63) is 35.9 Å². The van der Waals surface area contributed by atoms with Crippen molar-refractivity contribution < 1.29 is 9.53 Å². The molecule has 0 radical (unpaired) electrons. The lowest BCUT2D eigenvalue weighted by atomic mass is 10.2. The average molecular weight is 191 g/mol. The van der Waals surface area contributed by atoms with Crippen molar-refractivity contribution in [3.63, 3.8) is 0 Å². The Morgan fingerprint density at radius 3 is 2.71 bits per heavy atom. The molecule has 0 aliphatic heterocycles. The summed E-state index contributed by atoms with van der Waals surface area (Å²) in [6, 6.07) is 8.93. The quantitative estimate of drug-likeness (QED) is 0.405. The normalized spacial score (nSPS) is 9.43. The second-order valence-electron chi connectivity index (χ2n) is 2.80. The number of nitrogens with zero attached hydrogens (tertiary/aromatic N) is 1. The molecule has 0 atom stereocenters. The van der Waals surface area contributed by atoms with Crippen molar-refractivity contribution in [2.24, 2.45) is 4.99 Å². The molecule has 0 saturated heterocycles. The Morgan fingerprint density at radius 2 is 2.07 bits per heavy atom. The number of aliphatic imine (C=N–C) groups is 1. The van der Waals surface area contributed by atoms with Crippen LogP contribution in [0.15, 0.2) is 35.3 Å². The average Bonchev–Trinajstić information content (AvgIpc) is 2.25. The van der Waals surface area contributed by atoms with Crippen LogP contribution in [-0.4, -0.2) is 25.8 Å². The molecule has 0 fully saturated rings. The first-order chi connectivity index (χ1) is 6.84. The molecule has 0 aliphatic carbocycles. The number of esters is 1. The fourth-order valence-electron chi connectivity index (χ4n) is 0.999. The summed E-state index contributed by atoms with van der Waals surface area (Å²) in [6.07, 6.45) is 0.724. The first kappa shape index (κ1) is 10.4. The van der Waals surface area contributed by atoms with Gasteiger partial charge in [-0.25, -0.2) is 4.79 Å². The van der Waals surface area contributed by atoms with E-state index in [1.54, 1.807) is 12.1 Å². The number of carbonyl (C=O) groups excluding carboxylic acids is 1.